The second-order valence-corrected chi connectivity index (χ2v) is 6.18. The van der Waals surface area contributed by atoms with Gasteiger partial charge in [0.2, 0.25) is 0 Å². The summed E-state index contributed by atoms with van der Waals surface area (Å²) in [6, 6.07) is 5.51. The molecular formula is C15H17BrN2O2. The van der Waals surface area contributed by atoms with E-state index in [4.69, 9.17) is 0 Å². The second-order valence-electron chi connectivity index (χ2n) is 5.32. The maximum Gasteiger partial charge on any atom is 0.299 e. The number of Topliss-reactive ketones (excluding diaryl/α,β-unsaturated/α-hetero) is 1. The normalized spacial score (nSPS) is 19.6. The predicted octanol–water partition coefficient (Wildman–Crippen LogP) is 2.46. The Morgan fingerprint density at radius 3 is 2.55 bits per heavy atom. The van der Waals surface area contributed by atoms with Crippen LogP contribution in [0.4, 0.5) is 5.69 Å². The van der Waals surface area contributed by atoms with Crippen LogP contribution in [0.15, 0.2) is 22.7 Å². The van der Waals surface area contributed by atoms with Gasteiger partial charge < -0.3 is 9.80 Å². The van der Waals surface area contributed by atoms with Gasteiger partial charge in [0, 0.05) is 17.6 Å². The fraction of sp³-hybridized carbons (Fsp3) is 0.467. The van der Waals surface area contributed by atoms with Gasteiger partial charge in [-0.05, 0) is 54.0 Å². The first-order chi connectivity index (χ1) is 9.68. The van der Waals surface area contributed by atoms with Crippen molar-refractivity contribution in [2.45, 2.75) is 19.3 Å². The molecule has 5 heteroatoms. The molecule has 2 aliphatic rings. The minimum atomic E-state index is -0.399. The molecule has 0 spiro atoms. The van der Waals surface area contributed by atoms with Crippen LogP contribution in [-0.2, 0) is 4.79 Å². The molecule has 1 fully saturated rings. The monoisotopic (exact) mass is 336 g/mol. The van der Waals surface area contributed by atoms with Crippen molar-refractivity contribution in [1.29, 1.82) is 0 Å². The average molecular weight is 337 g/mol. The fourth-order valence-electron chi connectivity index (χ4n) is 2.95. The van der Waals surface area contributed by atoms with Gasteiger partial charge >= 0.3 is 0 Å². The number of fused-ring (bicyclic) bond motifs is 1. The zero-order chi connectivity index (χ0) is 14.1. The first-order valence-electron chi connectivity index (χ1n) is 7.05. The highest BCUT2D eigenvalue weighted by Crippen LogP contribution is 2.34. The van der Waals surface area contributed by atoms with E-state index in [0.717, 1.165) is 25.3 Å². The van der Waals surface area contributed by atoms with Gasteiger partial charge in [-0.3, -0.25) is 9.59 Å². The molecule has 2 heterocycles. The lowest BCUT2D eigenvalue weighted by Gasteiger charge is -2.28. The highest BCUT2D eigenvalue weighted by Gasteiger charge is 2.37. The van der Waals surface area contributed by atoms with Gasteiger partial charge in [-0.25, -0.2) is 0 Å². The van der Waals surface area contributed by atoms with E-state index in [1.807, 2.05) is 12.1 Å². The van der Waals surface area contributed by atoms with Crippen molar-refractivity contribution in [2.75, 3.05) is 31.1 Å². The summed E-state index contributed by atoms with van der Waals surface area (Å²) in [5.74, 6) is -0.796. The van der Waals surface area contributed by atoms with Gasteiger partial charge in [-0.1, -0.05) is 12.5 Å². The standard InChI is InChI=1S/C15H17BrN2O2/c16-11-5-4-6-12-13(11)14(19)15(20)18(12)10-9-17-7-2-1-3-8-17/h4-6H,1-3,7-10H2. The van der Waals surface area contributed by atoms with Crippen molar-refractivity contribution in [2.24, 2.45) is 0 Å². The molecule has 3 rings (SSSR count). The number of rotatable bonds is 3. The van der Waals surface area contributed by atoms with Crippen LogP contribution >= 0.6 is 15.9 Å². The van der Waals surface area contributed by atoms with Crippen molar-refractivity contribution in [3.63, 3.8) is 0 Å². The topological polar surface area (TPSA) is 40.6 Å². The summed E-state index contributed by atoms with van der Waals surface area (Å²) in [6.07, 6.45) is 3.76. The molecule has 0 bridgehead atoms. The van der Waals surface area contributed by atoms with Crippen LogP contribution in [0.1, 0.15) is 29.6 Å². The molecule has 0 aliphatic carbocycles. The summed E-state index contributed by atoms with van der Waals surface area (Å²) in [5.41, 5.74) is 1.25. The number of hydrogen-bond acceptors (Lipinski definition) is 3. The number of hydrogen-bond donors (Lipinski definition) is 0. The summed E-state index contributed by atoms with van der Waals surface area (Å²) in [6.45, 7) is 3.63. The lowest BCUT2D eigenvalue weighted by Crippen LogP contribution is -2.40. The first-order valence-corrected chi connectivity index (χ1v) is 7.85. The Bertz CT molecular complexity index is 553. The zero-order valence-corrected chi connectivity index (χ0v) is 12.9. The van der Waals surface area contributed by atoms with Crippen LogP contribution < -0.4 is 4.90 Å². The molecule has 0 aromatic heterocycles. The smallest absolute Gasteiger partial charge is 0.299 e. The number of benzene rings is 1. The number of carbonyl (C=O) groups is 2. The third-order valence-corrected chi connectivity index (χ3v) is 4.70. The van der Waals surface area contributed by atoms with Gasteiger partial charge in [0.15, 0.2) is 0 Å². The molecular weight excluding hydrogens is 320 g/mol. The summed E-state index contributed by atoms with van der Waals surface area (Å²) in [7, 11) is 0. The minimum Gasteiger partial charge on any atom is -0.303 e. The maximum atomic E-state index is 12.1. The van der Waals surface area contributed by atoms with Gasteiger partial charge in [-0.15, -0.1) is 0 Å². The Morgan fingerprint density at radius 2 is 1.80 bits per heavy atom. The number of piperidine rings is 1. The predicted molar refractivity (Wildman–Crippen MR) is 81.1 cm³/mol. The molecule has 106 valence electrons. The molecule has 2 aliphatic heterocycles. The van der Waals surface area contributed by atoms with E-state index in [-0.39, 0.29) is 0 Å². The largest absolute Gasteiger partial charge is 0.303 e. The van der Waals surface area contributed by atoms with E-state index in [2.05, 4.69) is 20.8 Å². The molecule has 0 unspecified atom stereocenters. The number of likely N-dealkylation sites (tertiary alicyclic amines) is 1. The van der Waals surface area contributed by atoms with Crippen molar-refractivity contribution in [1.82, 2.24) is 4.90 Å². The molecule has 1 aromatic carbocycles. The molecule has 4 nitrogen and oxygen atoms in total. The zero-order valence-electron chi connectivity index (χ0n) is 11.3. The highest BCUT2D eigenvalue weighted by atomic mass is 79.9. The van der Waals surface area contributed by atoms with Crippen molar-refractivity contribution in [3.05, 3.63) is 28.2 Å². The van der Waals surface area contributed by atoms with E-state index in [1.54, 1.807) is 11.0 Å². The molecule has 0 atom stereocenters. The number of nitrogens with zero attached hydrogens (tertiary/aromatic N) is 2. The van der Waals surface area contributed by atoms with Crippen LogP contribution in [0.2, 0.25) is 0 Å². The second kappa shape index (κ2) is 5.66. The Morgan fingerprint density at radius 1 is 1.05 bits per heavy atom. The summed E-state index contributed by atoms with van der Waals surface area (Å²) >= 11 is 3.36. The average Bonchev–Trinajstić information content (AvgIpc) is 2.71. The van der Waals surface area contributed by atoms with Crippen LogP contribution in [-0.4, -0.2) is 42.8 Å². The van der Waals surface area contributed by atoms with Gasteiger partial charge in [0.25, 0.3) is 11.7 Å². The number of ketones is 1. The first kappa shape index (κ1) is 13.8. The lowest BCUT2D eigenvalue weighted by atomic mass is 10.1. The molecule has 1 saturated heterocycles. The number of carbonyl (C=O) groups excluding carboxylic acids is 2. The maximum absolute atomic E-state index is 12.1. The van der Waals surface area contributed by atoms with E-state index in [9.17, 15) is 9.59 Å². The van der Waals surface area contributed by atoms with Crippen molar-refractivity contribution < 1.29 is 9.59 Å². The minimum absolute atomic E-state index is 0.397. The Kier molecular flexibility index (Phi) is 3.89. The highest BCUT2D eigenvalue weighted by molar-refractivity contribution is 9.10. The van der Waals surface area contributed by atoms with Gasteiger partial charge in [0.05, 0.1) is 11.3 Å². The van der Waals surface area contributed by atoms with E-state index < -0.39 is 11.7 Å². The molecule has 0 N–H and O–H groups in total. The van der Waals surface area contributed by atoms with Crippen LogP contribution in [0.3, 0.4) is 0 Å². The Hall–Kier alpha value is -1.20. The van der Waals surface area contributed by atoms with Crippen LogP contribution in [0.25, 0.3) is 0 Å². The number of halogens is 1. The molecule has 20 heavy (non-hydrogen) atoms. The van der Waals surface area contributed by atoms with Crippen LogP contribution in [0, 0.1) is 0 Å². The van der Waals surface area contributed by atoms with Gasteiger partial charge in [0.1, 0.15) is 0 Å². The molecule has 1 amide bonds. The SMILES string of the molecule is O=C1C(=O)N(CCN2CCCCC2)c2cccc(Br)c21. The van der Waals surface area contributed by atoms with E-state index in [1.165, 1.54) is 19.3 Å². The third kappa shape index (κ3) is 2.40. The summed E-state index contributed by atoms with van der Waals surface area (Å²) < 4.78 is 0.703. The lowest BCUT2D eigenvalue weighted by molar-refractivity contribution is -0.114. The molecule has 0 radical (unpaired) electrons. The number of anilines is 1. The number of amides is 1. The van der Waals surface area contributed by atoms with Crippen molar-refractivity contribution >= 4 is 33.3 Å². The van der Waals surface area contributed by atoms with E-state index >= 15 is 0 Å². The molecule has 0 saturated carbocycles. The third-order valence-electron chi connectivity index (χ3n) is 4.04. The quantitative estimate of drug-likeness (QED) is 0.796. The molecule has 1 aromatic rings. The van der Waals surface area contributed by atoms with E-state index in [0.29, 0.717) is 16.6 Å². The Labute approximate surface area is 126 Å². The van der Waals surface area contributed by atoms with Crippen LogP contribution in [0.5, 0.6) is 0 Å². The summed E-state index contributed by atoms with van der Waals surface area (Å²) in [5, 5.41) is 0. The Balaban J connectivity index is 1.76. The fourth-order valence-corrected chi connectivity index (χ4v) is 3.48. The van der Waals surface area contributed by atoms with Gasteiger partial charge in [-0.2, -0.15) is 0 Å². The summed E-state index contributed by atoms with van der Waals surface area (Å²) in [4.78, 5) is 28.2. The van der Waals surface area contributed by atoms with Crippen molar-refractivity contribution in [3.8, 4) is 0 Å².